The fourth-order valence-corrected chi connectivity index (χ4v) is 2.98. The largest absolute Gasteiger partial charge is 0.493 e. The van der Waals surface area contributed by atoms with Gasteiger partial charge >= 0.3 is 0 Å². The summed E-state index contributed by atoms with van der Waals surface area (Å²) in [5.74, 6) is 3.80. The summed E-state index contributed by atoms with van der Waals surface area (Å²) in [4.78, 5) is 6.41. The fourth-order valence-electron chi connectivity index (χ4n) is 2.98. The van der Waals surface area contributed by atoms with Gasteiger partial charge in [-0.15, -0.1) is 0 Å². The third-order valence-electron chi connectivity index (χ3n) is 4.37. The molecular formula is C21H27N3O4. The maximum atomic E-state index is 5.99. The molecule has 1 aliphatic heterocycles. The van der Waals surface area contributed by atoms with Crippen molar-refractivity contribution in [3.63, 3.8) is 0 Å². The van der Waals surface area contributed by atoms with Crippen molar-refractivity contribution in [1.82, 2.24) is 10.2 Å². The number of para-hydroxylation sites is 2. The highest BCUT2D eigenvalue weighted by Crippen LogP contribution is 2.32. The van der Waals surface area contributed by atoms with Gasteiger partial charge in [0.2, 0.25) is 6.79 Å². The van der Waals surface area contributed by atoms with Crippen molar-refractivity contribution in [3.8, 4) is 23.0 Å². The zero-order valence-electron chi connectivity index (χ0n) is 16.8. The van der Waals surface area contributed by atoms with Gasteiger partial charge in [-0.2, -0.15) is 0 Å². The first-order valence-corrected chi connectivity index (χ1v) is 9.20. The van der Waals surface area contributed by atoms with Gasteiger partial charge in [0.15, 0.2) is 29.0 Å². The molecule has 1 atom stereocenters. The smallest absolute Gasteiger partial charge is 0.231 e. The second kappa shape index (κ2) is 9.21. The van der Waals surface area contributed by atoms with E-state index in [1.165, 1.54) is 0 Å². The number of benzene rings is 2. The van der Waals surface area contributed by atoms with Crippen LogP contribution < -0.4 is 24.3 Å². The highest BCUT2D eigenvalue weighted by atomic mass is 16.7. The van der Waals surface area contributed by atoms with Crippen molar-refractivity contribution in [2.45, 2.75) is 19.6 Å². The van der Waals surface area contributed by atoms with E-state index in [4.69, 9.17) is 18.9 Å². The molecule has 0 saturated heterocycles. The predicted octanol–water partition coefficient (Wildman–Crippen LogP) is 2.90. The molecule has 1 N–H and O–H groups in total. The van der Waals surface area contributed by atoms with Gasteiger partial charge in [0, 0.05) is 20.6 Å². The Kier molecular flexibility index (Phi) is 6.47. The first-order valence-electron chi connectivity index (χ1n) is 9.20. The Balaban J connectivity index is 1.53. The Morgan fingerprint density at radius 2 is 1.93 bits per heavy atom. The Bertz CT molecular complexity index is 825. The average molecular weight is 385 g/mol. The molecule has 0 fully saturated rings. The van der Waals surface area contributed by atoms with Crippen molar-refractivity contribution in [2.24, 2.45) is 4.99 Å². The number of nitrogens with zero attached hydrogens (tertiary/aromatic N) is 2. The minimum Gasteiger partial charge on any atom is -0.493 e. The molecule has 0 bridgehead atoms. The molecule has 1 unspecified atom stereocenters. The van der Waals surface area contributed by atoms with Gasteiger partial charge < -0.3 is 29.2 Å². The molecule has 0 saturated carbocycles. The average Bonchev–Trinajstić information content (AvgIpc) is 3.16. The number of rotatable bonds is 7. The maximum Gasteiger partial charge on any atom is 0.231 e. The van der Waals surface area contributed by atoms with Gasteiger partial charge in [-0.05, 0) is 36.8 Å². The lowest BCUT2D eigenvalue weighted by Gasteiger charge is -2.24. The number of guanidine groups is 1. The molecule has 0 amide bonds. The lowest BCUT2D eigenvalue weighted by molar-refractivity contribution is 0.174. The number of fused-ring (bicyclic) bond motifs is 1. The molecule has 1 aliphatic rings. The second-order valence-corrected chi connectivity index (χ2v) is 6.55. The van der Waals surface area contributed by atoms with Crippen LogP contribution in [0.4, 0.5) is 0 Å². The Morgan fingerprint density at radius 1 is 1.18 bits per heavy atom. The van der Waals surface area contributed by atoms with E-state index in [0.29, 0.717) is 13.1 Å². The van der Waals surface area contributed by atoms with Crippen LogP contribution in [0.1, 0.15) is 12.5 Å². The summed E-state index contributed by atoms with van der Waals surface area (Å²) in [6, 6.07) is 13.6. The third-order valence-corrected chi connectivity index (χ3v) is 4.37. The highest BCUT2D eigenvalue weighted by molar-refractivity contribution is 5.79. The standard InChI is InChI=1S/C21H27N3O4/c1-15(28-19-8-6-5-7-17(19)25-4)12-23-21(22-2)24(3)13-16-9-10-18-20(11-16)27-14-26-18/h5-11,15H,12-14H2,1-4H3,(H,22,23). The summed E-state index contributed by atoms with van der Waals surface area (Å²) in [7, 11) is 5.40. The van der Waals surface area contributed by atoms with Gasteiger partial charge in [-0.1, -0.05) is 18.2 Å². The number of nitrogens with one attached hydrogen (secondary N) is 1. The van der Waals surface area contributed by atoms with Crippen LogP contribution in [0.25, 0.3) is 0 Å². The van der Waals surface area contributed by atoms with Gasteiger partial charge in [-0.3, -0.25) is 4.99 Å². The third kappa shape index (κ3) is 4.79. The van der Waals surface area contributed by atoms with Crippen molar-refractivity contribution in [3.05, 3.63) is 48.0 Å². The molecule has 2 aromatic rings. The molecule has 1 heterocycles. The molecule has 7 nitrogen and oxygen atoms in total. The van der Waals surface area contributed by atoms with Gasteiger partial charge in [0.25, 0.3) is 0 Å². The van der Waals surface area contributed by atoms with E-state index in [1.807, 2.05) is 61.3 Å². The predicted molar refractivity (Wildman–Crippen MR) is 108 cm³/mol. The van der Waals surface area contributed by atoms with Crippen LogP contribution >= 0.6 is 0 Å². The molecule has 2 aromatic carbocycles. The number of hydrogen-bond donors (Lipinski definition) is 1. The van der Waals surface area contributed by atoms with Crippen LogP contribution in [0.15, 0.2) is 47.5 Å². The first-order chi connectivity index (χ1) is 13.6. The molecule has 3 rings (SSSR count). The van der Waals surface area contributed by atoms with Crippen LogP contribution in [0.3, 0.4) is 0 Å². The zero-order chi connectivity index (χ0) is 19.9. The lowest BCUT2D eigenvalue weighted by Crippen LogP contribution is -2.42. The fraction of sp³-hybridized carbons (Fsp3) is 0.381. The van der Waals surface area contributed by atoms with Crippen LogP contribution in [-0.2, 0) is 6.54 Å². The van der Waals surface area contributed by atoms with E-state index < -0.39 is 0 Å². The van der Waals surface area contributed by atoms with E-state index in [2.05, 4.69) is 10.3 Å². The van der Waals surface area contributed by atoms with E-state index in [-0.39, 0.29) is 12.9 Å². The van der Waals surface area contributed by atoms with Crippen molar-refractivity contribution < 1.29 is 18.9 Å². The van der Waals surface area contributed by atoms with Crippen LogP contribution in [0, 0.1) is 0 Å². The molecular weight excluding hydrogens is 358 g/mol. The molecule has 0 spiro atoms. The Hall–Kier alpha value is -3.09. The normalized spacial score (nSPS) is 13.8. The van der Waals surface area contributed by atoms with E-state index in [1.54, 1.807) is 14.2 Å². The number of aliphatic imine (C=N–C) groups is 1. The molecule has 28 heavy (non-hydrogen) atoms. The minimum absolute atomic E-state index is 0.0630. The summed E-state index contributed by atoms with van der Waals surface area (Å²) in [6.45, 7) is 3.58. The van der Waals surface area contributed by atoms with Crippen LogP contribution in [0.2, 0.25) is 0 Å². The Labute approximate surface area is 165 Å². The zero-order valence-corrected chi connectivity index (χ0v) is 16.8. The first kappa shape index (κ1) is 19.7. The van der Waals surface area contributed by atoms with E-state index >= 15 is 0 Å². The molecule has 0 aliphatic carbocycles. The molecule has 7 heteroatoms. The molecule has 0 aromatic heterocycles. The summed E-state index contributed by atoms with van der Waals surface area (Å²) in [6.07, 6.45) is -0.0630. The van der Waals surface area contributed by atoms with Gasteiger partial charge in [0.05, 0.1) is 13.7 Å². The second-order valence-electron chi connectivity index (χ2n) is 6.55. The van der Waals surface area contributed by atoms with Crippen LogP contribution in [-0.4, -0.2) is 51.5 Å². The maximum absolute atomic E-state index is 5.99. The number of methoxy groups -OCH3 is 1. The SMILES string of the molecule is CN=C(NCC(C)Oc1ccccc1OC)N(C)Cc1ccc2c(c1)OCO2. The number of ether oxygens (including phenoxy) is 4. The number of hydrogen-bond acceptors (Lipinski definition) is 5. The quantitative estimate of drug-likeness (QED) is 0.584. The summed E-state index contributed by atoms with van der Waals surface area (Å²) >= 11 is 0. The van der Waals surface area contributed by atoms with Crippen LogP contribution in [0.5, 0.6) is 23.0 Å². The lowest BCUT2D eigenvalue weighted by atomic mass is 10.2. The van der Waals surface area contributed by atoms with E-state index in [0.717, 1.165) is 34.5 Å². The Morgan fingerprint density at radius 3 is 2.68 bits per heavy atom. The van der Waals surface area contributed by atoms with Crippen molar-refractivity contribution in [1.29, 1.82) is 0 Å². The minimum atomic E-state index is -0.0630. The van der Waals surface area contributed by atoms with Gasteiger partial charge in [-0.25, -0.2) is 0 Å². The monoisotopic (exact) mass is 385 g/mol. The molecule has 0 radical (unpaired) electrons. The summed E-state index contributed by atoms with van der Waals surface area (Å²) in [5, 5.41) is 3.35. The highest BCUT2D eigenvalue weighted by Gasteiger charge is 2.15. The molecule has 150 valence electrons. The van der Waals surface area contributed by atoms with Crippen molar-refractivity contribution in [2.75, 3.05) is 34.5 Å². The van der Waals surface area contributed by atoms with Crippen molar-refractivity contribution >= 4 is 5.96 Å². The summed E-state index contributed by atoms with van der Waals surface area (Å²) < 4.78 is 22.1. The topological polar surface area (TPSA) is 64.6 Å². The summed E-state index contributed by atoms with van der Waals surface area (Å²) in [5.41, 5.74) is 1.12. The van der Waals surface area contributed by atoms with Gasteiger partial charge in [0.1, 0.15) is 6.10 Å². The van der Waals surface area contributed by atoms with E-state index in [9.17, 15) is 0 Å².